The Balaban J connectivity index is 2.28. The van der Waals surface area contributed by atoms with E-state index in [4.69, 9.17) is 0 Å². The summed E-state index contributed by atoms with van der Waals surface area (Å²) in [6.45, 7) is 1.53. The lowest BCUT2D eigenvalue weighted by molar-refractivity contribution is -0.291. The van der Waals surface area contributed by atoms with Crippen molar-refractivity contribution in [3.63, 3.8) is 0 Å². The lowest BCUT2D eigenvalue weighted by Gasteiger charge is -2.07. The number of hydrogen-bond acceptors (Lipinski definition) is 3. The first kappa shape index (κ1) is 4.61. The van der Waals surface area contributed by atoms with Gasteiger partial charge in [0.25, 0.3) is 0 Å². The summed E-state index contributed by atoms with van der Waals surface area (Å²) in [6.07, 6.45) is 3.41. The summed E-state index contributed by atoms with van der Waals surface area (Å²) in [5, 5.41) is 1.25. The molecule has 39 valence electrons. The molecule has 3 nitrogen and oxygen atoms in total. The Kier molecular flexibility index (Phi) is 1.29. The van der Waals surface area contributed by atoms with Crippen LogP contribution >= 0.6 is 0 Å². The molecule has 0 aromatic carbocycles. The predicted octanol–water partition coefficient (Wildman–Crippen LogP) is 0.470. The molecule has 0 saturated heterocycles. The molecule has 7 heavy (non-hydrogen) atoms. The van der Waals surface area contributed by atoms with Crippen molar-refractivity contribution in [3.05, 3.63) is 18.9 Å². The molecular weight excluding hydrogens is 94.0 g/mol. The molecule has 0 aromatic rings. The first-order valence-corrected chi connectivity index (χ1v) is 1.93. The summed E-state index contributed by atoms with van der Waals surface area (Å²) in [5.41, 5.74) is 0. The van der Waals surface area contributed by atoms with Crippen LogP contribution in [0.2, 0.25) is 0 Å². The van der Waals surface area contributed by atoms with Gasteiger partial charge in [-0.15, -0.1) is 5.23 Å². The molecule has 0 aromatic heterocycles. The number of nitrogens with zero attached hydrogens (tertiary/aromatic N) is 1. The van der Waals surface area contributed by atoms with E-state index in [1.165, 1.54) is 18.9 Å². The zero-order valence-corrected chi connectivity index (χ0v) is 4.00. The number of hydrogen-bond donors (Lipinski definition) is 0. The summed E-state index contributed by atoms with van der Waals surface area (Å²) < 4.78 is 0. The molecule has 0 amide bonds. The highest BCUT2D eigenvalue weighted by molar-refractivity contribution is 4.89. The fraction of sp³-hybridized carbons (Fsp3) is 0.250. The van der Waals surface area contributed by atoms with Crippen molar-refractivity contribution in [2.75, 3.05) is 7.11 Å². The minimum atomic E-state index is 1.25. The Hall–Kier alpha value is -0.540. The van der Waals surface area contributed by atoms with E-state index >= 15 is 0 Å². The minimum absolute atomic E-state index is 1.25. The molecule has 3 heteroatoms. The molecule has 0 aliphatic carbocycles. The van der Waals surface area contributed by atoms with Crippen LogP contribution < -0.4 is 0 Å². The van der Waals surface area contributed by atoms with Gasteiger partial charge >= 0.3 is 0 Å². The van der Waals surface area contributed by atoms with Crippen LogP contribution in [0.3, 0.4) is 0 Å². The van der Waals surface area contributed by atoms with Gasteiger partial charge in [0.2, 0.25) is 0 Å². The third kappa shape index (κ3) is 0.913. The molecule has 0 unspecified atom stereocenters. The van der Waals surface area contributed by atoms with Gasteiger partial charge in [-0.05, 0) is 6.08 Å². The lowest BCUT2D eigenvalue weighted by Crippen LogP contribution is -2.08. The predicted molar refractivity (Wildman–Crippen MR) is 23.4 cm³/mol. The van der Waals surface area contributed by atoms with Crippen molar-refractivity contribution in [1.82, 2.24) is 5.23 Å². The smallest absolute Gasteiger partial charge is 0.141 e. The third-order valence-corrected chi connectivity index (χ3v) is 0.631. The van der Waals surface area contributed by atoms with Crippen molar-refractivity contribution >= 4 is 0 Å². The molecule has 0 atom stereocenters. The summed E-state index contributed by atoms with van der Waals surface area (Å²) in [5.74, 6) is 0. The molecule has 0 spiro atoms. The van der Waals surface area contributed by atoms with E-state index in [0.717, 1.165) is 0 Å². The van der Waals surface area contributed by atoms with E-state index in [9.17, 15) is 0 Å². The first-order chi connectivity index (χ1) is 3.43. The fourth-order valence-electron chi connectivity index (χ4n) is 0.340. The Morgan fingerprint density at radius 1 is 1.71 bits per heavy atom. The average molecular weight is 100 g/mol. The maximum absolute atomic E-state index is 4.68. The van der Waals surface area contributed by atoms with Crippen molar-refractivity contribution < 1.29 is 9.68 Å². The second-order valence-electron chi connectivity index (χ2n) is 1.05. The van der Waals surface area contributed by atoms with E-state index in [0.29, 0.717) is 0 Å². The Bertz CT molecular complexity index is 81.8. The molecule has 0 bridgehead atoms. The van der Waals surface area contributed by atoms with Crippen molar-refractivity contribution in [1.29, 1.82) is 0 Å². The van der Waals surface area contributed by atoms with Gasteiger partial charge in [0.05, 0.1) is 13.3 Å². The van der Waals surface area contributed by atoms with Gasteiger partial charge in [0, 0.05) is 0 Å². The van der Waals surface area contributed by atoms with E-state index in [-0.39, 0.29) is 0 Å². The highest BCUT2D eigenvalue weighted by atomic mass is 16.9. The van der Waals surface area contributed by atoms with E-state index < -0.39 is 0 Å². The molecule has 0 saturated carbocycles. The SMILES string of the molecule is CON1C=C[CH]O1. The summed E-state index contributed by atoms with van der Waals surface area (Å²) in [7, 11) is 1.53. The maximum atomic E-state index is 4.68. The number of rotatable bonds is 1. The van der Waals surface area contributed by atoms with E-state index in [1.807, 2.05) is 0 Å². The van der Waals surface area contributed by atoms with Gasteiger partial charge in [-0.25, -0.2) is 4.84 Å². The lowest BCUT2D eigenvalue weighted by atomic mass is 10.7. The van der Waals surface area contributed by atoms with Gasteiger partial charge in [0.1, 0.15) is 6.61 Å². The van der Waals surface area contributed by atoms with Crippen LogP contribution in [0.4, 0.5) is 0 Å². The van der Waals surface area contributed by atoms with E-state index in [1.54, 1.807) is 12.3 Å². The largest absolute Gasteiger partial charge is 0.252 e. The fourth-order valence-corrected chi connectivity index (χ4v) is 0.340. The monoisotopic (exact) mass is 100 g/mol. The molecule has 1 rings (SSSR count). The topological polar surface area (TPSA) is 21.7 Å². The highest BCUT2D eigenvalue weighted by Gasteiger charge is 2.00. The molecule has 1 aliphatic rings. The van der Waals surface area contributed by atoms with Crippen molar-refractivity contribution in [3.8, 4) is 0 Å². The maximum Gasteiger partial charge on any atom is 0.141 e. The molecular formula is C4H6NO2. The van der Waals surface area contributed by atoms with Crippen LogP contribution in [0, 0.1) is 6.61 Å². The molecule has 0 fully saturated rings. The molecule has 1 heterocycles. The Morgan fingerprint density at radius 3 is 2.86 bits per heavy atom. The van der Waals surface area contributed by atoms with Crippen LogP contribution in [-0.4, -0.2) is 12.3 Å². The van der Waals surface area contributed by atoms with Crippen LogP contribution in [0.25, 0.3) is 0 Å². The highest BCUT2D eigenvalue weighted by Crippen LogP contribution is 2.02. The van der Waals surface area contributed by atoms with Crippen LogP contribution in [0.5, 0.6) is 0 Å². The molecule has 1 radical (unpaired) electrons. The van der Waals surface area contributed by atoms with E-state index in [2.05, 4.69) is 9.68 Å². The first-order valence-electron chi connectivity index (χ1n) is 1.93. The van der Waals surface area contributed by atoms with Gasteiger partial charge in [-0.3, -0.25) is 4.84 Å². The zero-order chi connectivity index (χ0) is 5.11. The van der Waals surface area contributed by atoms with Crippen molar-refractivity contribution in [2.45, 2.75) is 0 Å². The van der Waals surface area contributed by atoms with Crippen LogP contribution in [0.1, 0.15) is 0 Å². The second-order valence-corrected chi connectivity index (χ2v) is 1.05. The Morgan fingerprint density at radius 2 is 2.57 bits per heavy atom. The minimum Gasteiger partial charge on any atom is -0.252 e. The molecule has 0 N–H and O–H groups in total. The molecule has 1 aliphatic heterocycles. The average Bonchev–Trinajstić information content (AvgIpc) is 2.14. The van der Waals surface area contributed by atoms with Crippen LogP contribution in [-0.2, 0) is 9.68 Å². The van der Waals surface area contributed by atoms with Gasteiger partial charge in [0.15, 0.2) is 0 Å². The van der Waals surface area contributed by atoms with Gasteiger partial charge < -0.3 is 0 Å². The second kappa shape index (κ2) is 1.95. The van der Waals surface area contributed by atoms with Crippen LogP contribution in [0.15, 0.2) is 12.3 Å². The summed E-state index contributed by atoms with van der Waals surface area (Å²) in [6, 6.07) is 0. The summed E-state index contributed by atoms with van der Waals surface area (Å²) in [4.78, 5) is 9.28. The standard InChI is InChI=1S/C4H6NO2/c1-6-5-3-2-4-7-5/h2-4H,1H3. The van der Waals surface area contributed by atoms with Gasteiger partial charge in [-0.2, -0.15) is 0 Å². The quantitative estimate of drug-likeness (QED) is 0.478. The number of hydroxylamine groups is 2. The zero-order valence-electron chi connectivity index (χ0n) is 4.00. The summed E-state index contributed by atoms with van der Waals surface area (Å²) >= 11 is 0. The normalized spacial score (nSPS) is 18.7. The third-order valence-electron chi connectivity index (χ3n) is 0.631. The van der Waals surface area contributed by atoms with Crippen molar-refractivity contribution in [2.24, 2.45) is 0 Å². The Labute approximate surface area is 42.0 Å². The van der Waals surface area contributed by atoms with Gasteiger partial charge in [-0.1, -0.05) is 0 Å².